The summed E-state index contributed by atoms with van der Waals surface area (Å²) >= 11 is 0. The number of hydrogen-bond donors (Lipinski definition) is 1. The van der Waals surface area contributed by atoms with Gasteiger partial charge in [0.05, 0.1) is 27.8 Å². The van der Waals surface area contributed by atoms with Crippen molar-refractivity contribution in [2.45, 2.75) is 6.42 Å². The third kappa shape index (κ3) is 2.56. The van der Waals surface area contributed by atoms with E-state index in [4.69, 9.17) is 19.3 Å². The van der Waals surface area contributed by atoms with Gasteiger partial charge in [-0.1, -0.05) is 0 Å². The molecule has 0 aliphatic heterocycles. The maximum atomic E-state index is 10.7. The Morgan fingerprint density at radius 2 is 1.88 bits per heavy atom. The van der Waals surface area contributed by atoms with Gasteiger partial charge in [0.15, 0.2) is 11.5 Å². The largest absolute Gasteiger partial charge is 0.497 e. The van der Waals surface area contributed by atoms with Gasteiger partial charge in [-0.05, 0) is 6.07 Å². The van der Waals surface area contributed by atoms with E-state index in [9.17, 15) is 4.79 Å². The summed E-state index contributed by atoms with van der Waals surface area (Å²) in [5, 5.41) is 8.78. The first-order valence-electron chi connectivity index (χ1n) is 4.63. The van der Waals surface area contributed by atoms with Crippen LogP contribution in [0.15, 0.2) is 12.1 Å². The molecule has 0 atom stereocenters. The van der Waals surface area contributed by atoms with Crippen LogP contribution in [-0.4, -0.2) is 32.4 Å². The number of carbonyl (C=O) groups is 1. The third-order valence-electron chi connectivity index (χ3n) is 2.11. The summed E-state index contributed by atoms with van der Waals surface area (Å²) in [4.78, 5) is 10.7. The number of aliphatic carboxylic acids is 1. The van der Waals surface area contributed by atoms with E-state index in [2.05, 4.69) is 0 Å². The summed E-state index contributed by atoms with van der Waals surface area (Å²) in [6, 6.07) is 3.26. The maximum Gasteiger partial charge on any atom is 0.307 e. The lowest BCUT2D eigenvalue weighted by Gasteiger charge is -2.13. The van der Waals surface area contributed by atoms with Crippen molar-refractivity contribution in [1.82, 2.24) is 0 Å². The predicted octanol–water partition coefficient (Wildman–Crippen LogP) is 1.34. The molecule has 5 heteroatoms. The van der Waals surface area contributed by atoms with Crippen molar-refractivity contribution in [3.05, 3.63) is 17.7 Å². The molecule has 0 amide bonds. The first kappa shape index (κ1) is 12.2. The van der Waals surface area contributed by atoms with Gasteiger partial charge in [0.1, 0.15) is 5.75 Å². The molecule has 5 nitrogen and oxygen atoms in total. The van der Waals surface area contributed by atoms with E-state index in [-0.39, 0.29) is 6.42 Å². The van der Waals surface area contributed by atoms with Crippen LogP contribution in [0, 0.1) is 0 Å². The highest BCUT2D eigenvalue weighted by Crippen LogP contribution is 2.35. The number of benzene rings is 1. The van der Waals surface area contributed by atoms with Crippen LogP contribution in [-0.2, 0) is 11.2 Å². The second-order valence-electron chi connectivity index (χ2n) is 3.09. The number of methoxy groups -OCH3 is 3. The van der Waals surface area contributed by atoms with Gasteiger partial charge in [-0.25, -0.2) is 0 Å². The molecule has 0 heterocycles. The van der Waals surface area contributed by atoms with Crippen molar-refractivity contribution in [1.29, 1.82) is 0 Å². The van der Waals surface area contributed by atoms with Gasteiger partial charge >= 0.3 is 5.97 Å². The number of carboxylic acids is 1. The zero-order valence-electron chi connectivity index (χ0n) is 9.44. The lowest BCUT2D eigenvalue weighted by Crippen LogP contribution is -2.04. The fourth-order valence-electron chi connectivity index (χ4n) is 1.43. The van der Waals surface area contributed by atoms with Gasteiger partial charge in [0.2, 0.25) is 0 Å². The van der Waals surface area contributed by atoms with Crippen LogP contribution < -0.4 is 14.2 Å². The minimum atomic E-state index is -0.936. The number of hydrogen-bond acceptors (Lipinski definition) is 4. The molecule has 0 unspecified atom stereocenters. The Bertz CT molecular complexity index is 386. The van der Waals surface area contributed by atoms with E-state index in [0.29, 0.717) is 22.8 Å². The van der Waals surface area contributed by atoms with Crippen molar-refractivity contribution in [3.63, 3.8) is 0 Å². The molecule has 1 rings (SSSR count). The van der Waals surface area contributed by atoms with Gasteiger partial charge in [0, 0.05) is 11.6 Å². The molecule has 0 aliphatic carbocycles. The van der Waals surface area contributed by atoms with Crippen LogP contribution in [0.4, 0.5) is 0 Å². The summed E-state index contributed by atoms with van der Waals surface area (Å²) in [6.07, 6.45) is -0.142. The second kappa shape index (κ2) is 5.25. The van der Waals surface area contributed by atoms with E-state index < -0.39 is 5.97 Å². The Balaban J connectivity index is 3.25. The monoisotopic (exact) mass is 226 g/mol. The van der Waals surface area contributed by atoms with E-state index in [0.717, 1.165) is 0 Å². The molecule has 0 saturated heterocycles. The van der Waals surface area contributed by atoms with Crippen molar-refractivity contribution in [3.8, 4) is 17.2 Å². The minimum Gasteiger partial charge on any atom is -0.497 e. The van der Waals surface area contributed by atoms with E-state index in [1.165, 1.54) is 21.3 Å². The highest BCUT2D eigenvalue weighted by atomic mass is 16.5. The highest BCUT2D eigenvalue weighted by molar-refractivity contribution is 5.72. The quantitative estimate of drug-likeness (QED) is 0.820. The fraction of sp³-hybridized carbons (Fsp3) is 0.364. The van der Waals surface area contributed by atoms with Gasteiger partial charge in [0.25, 0.3) is 0 Å². The Labute approximate surface area is 93.6 Å². The first-order chi connectivity index (χ1) is 7.62. The number of ether oxygens (including phenoxy) is 3. The summed E-state index contributed by atoms with van der Waals surface area (Å²) in [7, 11) is 4.46. The first-order valence-corrected chi connectivity index (χ1v) is 4.63. The average Bonchev–Trinajstić information content (AvgIpc) is 2.27. The molecule has 0 aromatic heterocycles. The molecule has 0 fully saturated rings. The highest BCUT2D eigenvalue weighted by Gasteiger charge is 2.15. The zero-order chi connectivity index (χ0) is 12.1. The second-order valence-corrected chi connectivity index (χ2v) is 3.09. The molecule has 0 bridgehead atoms. The average molecular weight is 226 g/mol. The number of carboxylic acid groups (broad SMARTS) is 1. The summed E-state index contributed by atoms with van der Waals surface area (Å²) in [5.41, 5.74) is 0.520. The molecule has 16 heavy (non-hydrogen) atoms. The smallest absolute Gasteiger partial charge is 0.307 e. The van der Waals surface area contributed by atoms with Crippen LogP contribution >= 0.6 is 0 Å². The molecule has 1 aromatic rings. The van der Waals surface area contributed by atoms with Crippen LogP contribution in [0.25, 0.3) is 0 Å². The third-order valence-corrected chi connectivity index (χ3v) is 2.11. The normalized spacial score (nSPS) is 9.69. The Morgan fingerprint density at radius 3 is 2.31 bits per heavy atom. The predicted molar refractivity (Wildman–Crippen MR) is 57.4 cm³/mol. The van der Waals surface area contributed by atoms with Crippen LogP contribution in [0.2, 0.25) is 0 Å². The standard InChI is InChI=1S/C11H14O5/c1-14-8-4-7(5-10(12)13)11(16-3)9(6-8)15-2/h4,6H,5H2,1-3H3,(H,12,13). The molecule has 1 N–H and O–H groups in total. The topological polar surface area (TPSA) is 65.0 Å². The van der Waals surface area contributed by atoms with Gasteiger partial charge < -0.3 is 19.3 Å². The van der Waals surface area contributed by atoms with Crippen LogP contribution in [0.5, 0.6) is 17.2 Å². The molecule has 0 saturated carbocycles. The number of rotatable bonds is 5. The summed E-state index contributed by atoms with van der Waals surface area (Å²) in [5.74, 6) is 0.478. The van der Waals surface area contributed by atoms with Gasteiger partial charge in [-0.2, -0.15) is 0 Å². The van der Waals surface area contributed by atoms with Crippen LogP contribution in [0.1, 0.15) is 5.56 Å². The SMILES string of the molecule is COc1cc(CC(=O)O)c(OC)c(OC)c1. The van der Waals surface area contributed by atoms with Gasteiger partial charge in [-0.15, -0.1) is 0 Å². The van der Waals surface area contributed by atoms with E-state index in [1.807, 2.05) is 0 Å². The van der Waals surface area contributed by atoms with Crippen molar-refractivity contribution < 1.29 is 24.1 Å². The van der Waals surface area contributed by atoms with Crippen LogP contribution in [0.3, 0.4) is 0 Å². The zero-order valence-corrected chi connectivity index (χ0v) is 9.44. The van der Waals surface area contributed by atoms with Gasteiger partial charge in [-0.3, -0.25) is 4.79 Å². The van der Waals surface area contributed by atoms with Crippen molar-refractivity contribution in [2.75, 3.05) is 21.3 Å². The maximum absolute atomic E-state index is 10.7. The van der Waals surface area contributed by atoms with Crippen molar-refractivity contribution >= 4 is 5.97 Å². The molecular formula is C11H14O5. The molecular weight excluding hydrogens is 212 g/mol. The lowest BCUT2D eigenvalue weighted by atomic mass is 10.1. The Morgan fingerprint density at radius 1 is 1.19 bits per heavy atom. The minimum absolute atomic E-state index is 0.142. The molecule has 0 radical (unpaired) electrons. The molecule has 0 spiro atoms. The fourth-order valence-corrected chi connectivity index (χ4v) is 1.43. The summed E-state index contributed by atoms with van der Waals surface area (Å²) in [6.45, 7) is 0. The molecule has 88 valence electrons. The summed E-state index contributed by atoms with van der Waals surface area (Å²) < 4.78 is 15.3. The Hall–Kier alpha value is -1.91. The molecule has 0 aliphatic rings. The molecule has 1 aromatic carbocycles. The van der Waals surface area contributed by atoms with E-state index in [1.54, 1.807) is 12.1 Å². The van der Waals surface area contributed by atoms with E-state index >= 15 is 0 Å². The Kier molecular flexibility index (Phi) is 3.99. The van der Waals surface area contributed by atoms with Crippen molar-refractivity contribution in [2.24, 2.45) is 0 Å². The lowest BCUT2D eigenvalue weighted by molar-refractivity contribution is -0.136.